The Labute approximate surface area is 115 Å². The molecule has 0 spiro atoms. The van der Waals surface area contributed by atoms with E-state index in [9.17, 15) is 13.2 Å². The summed E-state index contributed by atoms with van der Waals surface area (Å²) in [7, 11) is 0. The number of hydrazine groups is 1. The Balaban J connectivity index is 2.55. The third-order valence-electron chi connectivity index (χ3n) is 3.25. The summed E-state index contributed by atoms with van der Waals surface area (Å²) >= 11 is 0. The fraction of sp³-hybridized carbons (Fsp3) is 0.200. The number of hydrogen-bond acceptors (Lipinski definition) is 2. The van der Waals surface area contributed by atoms with Crippen LogP contribution in [0.2, 0.25) is 0 Å². The van der Waals surface area contributed by atoms with Crippen LogP contribution in [0.4, 0.5) is 13.2 Å². The summed E-state index contributed by atoms with van der Waals surface area (Å²) in [4.78, 5) is 0. The molecule has 0 amide bonds. The molecule has 2 nitrogen and oxygen atoms in total. The van der Waals surface area contributed by atoms with Crippen LogP contribution in [0.15, 0.2) is 30.3 Å². The highest BCUT2D eigenvalue weighted by Gasteiger charge is 2.22. The molecular formula is C15H15F3N2. The molecule has 5 heteroatoms. The second-order valence-corrected chi connectivity index (χ2v) is 4.72. The van der Waals surface area contributed by atoms with Crippen LogP contribution < -0.4 is 11.3 Å². The first kappa shape index (κ1) is 14.6. The minimum absolute atomic E-state index is 0.0293. The Hall–Kier alpha value is -1.85. The van der Waals surface area contributed by atoms with Gasteiger partial charge in [0.2, 0.25) is 0 Å². The minimum atomic E-state index is -1.02. The van der Waals surface area contributed by atoms with Gasteiger partial charge in [-0.15, -0.1) is 0 Å². The largest absolute Gasteiger partial charge is 0.271 e. The van der Waals surface area contributed by atoms with E-state index < -0.39 is 23.5 Å². The average Bonchev–Trinajstić information content (AvgIpc) is 2.41. The molecule has 0 saturated carbocycles. The number of nitrogens with one attached hydrogen (secondary N) is 1. The van der Waals surface area contributed by atoms with Gasteiger partial charge in [-0.2, -0.15) is 0 Å². The van der Waals surface area contributed by atoms with E-state index in [1.165, 1.54) is 31.2 Å². The molecule has 2 rings (SSSR count). The number of rotatable bonds is 3. The van der Waals surface area contributed by atoms with E-state index in [2.05, 4.69) is 5.43 Å². The maximum atomic E-state index is 14.0. The van der Waals surface area contributed by atoms with Crippen molar-refractivity contribution in [2.75, 3.05) is 0 Å². The lowest BCUT2D eigenvalue weighted by atomic mass is 9.96. The van der Waals surface area contributed by atoms with Crippen molar-refractivity contribution in [2.45, 2.75) is 19.9 Å². The predicted octanol–water partition coefficient (Wildman–Crippen LogP) is 3.27. The molecule has 2 aromatic rings. The monoisotopic (exact) mass is 280 g/mol. The summed E-state index contributed by atoms with van der Waals surface area (Å²) in [6, 6.07) is 6.40. The molecule has 0 fully saturated rings. The molecule has 0 aliphatic rings. The fourth-order valence-corrected chi connectivity index (χ4v) is 2.10. The van der Waals surface area contributed by atoms with Gasteiger partial charge in [-0.05, 0) is 31.0 Å². The lowest BCUT2D eigenvalue weighted by Crippen LogP contribution is -2.30. The first-order chi connectivity index (χ1) is 9.45. The van der Waals surface area contributed by atoms with E-state index in [1.807, 2.05) is 0 Å². The Morgan fingerprint density at radius 2 is 1.60 bits per heavy atom. The van der Waals surface area contributed by atoms with Gasteiger partial charge >= 0.3 is 0 Å². The standard InChI is InChI=1S/C15H15F3N2/c1-8-3-5-10(12(16)7-8)15(20-19)11-6-4-9(2)13(17)14(11)18/h3-7,15,20H,19H2,1-2H3. The van der Waals surface area contributed by atoms with Gasteiger partial charge < -0.3 is 0 Å². The summed E-state index contributed by atoms with van der Waals surface area (Å²) in [5, 5.41) is 0. The van der Waals surface area contributed by atoms with E-state index in [4.69, 9.17) is 5.84 Å². The van der Waals surface area contributed by atoms with Crippen molar-refractivity contribution in [1.82, 2.24) is 5.43 Å². The number of hydrogen-bond donors (Lipinski definition) is 2. The molecule has 1 atom stereocenters. The van der Waals surface area contributed by atoms with Crippen molar-refractivity contribution in [2.24, 2.45) is 5.84 Å². The second kappa shape index (κ2) is 5.64. The number of benzene rings is 2. The molecule has 3 N–H and O–H groups in total. The number of nitrogens with two attached hydrogens (primary N) is 1. The lowest BCUT2D eigenvalue weighted by molar-refractivity contribution is 0.473. The zero-order chi connectivity index (χ0) is 14.9. The molecule has 0 aliphatic heterocycles. The molecule has 0 aromatic heterocycles. The van der Waals surface area contributed by atoms with Crippen LogP contribution in [-0.2, 0) is 0 Å². The SMILES string of the molecule is Cc1ccc(C(NN)c2ccc(C)c(F)c2F)c(F)c1. The van der Waals surface area contributed by atoms with Gasteiger partial charge in [0.1, 0.15) is 5.82 Å². The zero-order valence-corrected chi connectivity index (χ0v) is 11.2. The van der Waals surface area contributed by atoms with Crippen molar-refractivity contribution >= 4 is 0 Å². The highest BCUT2D eigenvalue weighted by atomic mass is 19.2. The van der Waals surface area contributed by atoms with Crippen LogP contribution in [0.3, 0.4) is 0 Å². The Morgan fingerprint density at radius 1 is 0.950 bits per heavy atom. The summed E-state index contributed by atoms with van der Waals surface area (Å²) in [6.45, 7) is 3.20. The Kier molecular flexibility index (Phi) is 4.11. The van der Waals surface area contributed by atoms with Gasteiger partial charge in [0.05, 0.1) is 6.04 Å². The van der Waals surface area contributed by atoms with Gasteiger partial charge in [0.25, 0.3) is 0 Å². The van der Waals surface area contributed by atoms with E-state index in [-0.39, 0.29) is 16.7 Å². The third-order valence-corrected chi connectivity index (χ3v) is 3.25. The molecule has 2 aromatic carbocycles. The van der Waals surface area contributed by atoms with Crippen LogP contribution >= 0.6 is 0 Å². The molecule has 20 heavy (non-hydrogen) atoms. The second-order valence-electron chi connectivity index (χ2n) is 4.72. The minimum Gasteiger partial charge on any atom is -0.271 e. The van der Waals surface area contributed by atoms with Gasteiger partial charge in [-0.1, -0.05) is 24.3 Å². The van der Waals surface area contributed by atoms with Crippen LogP contribution in [-0.4, -0.2) is 0 Å². The quantitative estimate of drug-likeness (QED) is 0.669. The number of halogens is 3. The maximum Gasteiger partial charge on any atom is 0.164 e. The Morgan fingerprint density at radius 3 is 2.20 bits per heavy atom. The molecule has 1 unspecified atom stereocenters. The maximum absolute atomic E-state index is 14.0. The van der Waals surface area contributed by atoms with Gasteiger partial charge in [0, 0.05) is 11.1 Å². The van der Waals surface area contributed by atoms with E-state index in [0.29, 0.717) is 0 Å². The topological polar surface area (TPSA) is 38.0 Å². The van der Waals surface area contributed by atoms with Crippen molar-refractivity contribution in [3.05, 3.63) is 70.0 Å². The summed E-state index contributed by atoms with van der Waals surface area (Å²) in [6.07, 6.45) is 0. The summed E-state index contributed by atoms with van der Waals surface area (Å²) < 4.78 is 41.6. The van der Waals surface area contributed by atoms with Crippen molar-refractivity contribution in [1.29, 1.82) is 0 Å². The van der Waals surface area contributed by atoms with Crippen LogP contribution in [0.1, 0.15) is 28.3 Å². The van der Waals surface area contributed by atoms with Crippen molar-refractivity contribution in [3.63, 3.8) is 0 Å². The summed E-state index contributed by atoms with van der Waals surface area (Å²) in [5.41, 5.74) is 3.39. The highest BCUT2D eigenvalue weighted by Crippen LogP contribution is 2.28. The van der Waals surface area contributed by atoms with Gasteiger partial charge in [-0.25, -0.2) is 18.6 Å². The molecule has 0 heterocycles. The molecule has 106 valence electrons. The first-order valence-electron chi connectivity index (χ1n) is 6.12. The fourth-order valence-electron chi connectivity index (χ4n) is 2.10. The van der Waals surface area contributed by atoms with E-state index in [0.717, 1.165) is 5.56 Å². The number of aryl methyl sites for hydroxylation is 2. The van der Waals surface area contributed by atoms with Crippen LogP contribution in [0.25, 0.3) is 0 Å². The van der Waals surface area contributed by atoms with E-state index >= 15 is 0 Å². The van der Waals surface area contributed by atoms with Crippen molar-refractivity contribution in [3.8, 4) is 0 Å². The zero-order valence-electron chi connectivity index (χ0n) is 11.2. The molecule has 0 radical (unpaired) electrons. The first-order valence-corrected chi connectivity index (χ1v) is 6.12. The molecule has 0 bridgehead atoms. The van der Waals surface area contributed by atoms with Gasteiger partial charge in [-0.3, -0.25) is 5.84 Å². The smallest absolute Gasteiger partial charge is 0.164 e. The van der Waals surface area contributed by atoms with Gasteiger partial charge in [0.15, 0.2) is 11.6 Å². The lowest BCUT2D eigenvalue weighted by Gasteiger charge is -2.19. The highest BCUT2D eigenvalue weighted by molar-refractivity contribution is 5.37. The van der Waals surface area contributed by atoms with Crippen LogP contribution in [0, 0.1) is 31.3 Å². The molecular weight excluding hydrogens is 265 g/mol. The normalized spacial score (nSPS) is 12.5. The third kappa shape index (κ3) is 2.55. The predicted molar refractivity (Wildman–Crippen MR) is 71.4 cm³/mol. The van der Waals surface area contributed by atoms with Crippen LogP contribution in [0.5, 0.6) is 0 Å². The molecule has 0 saturated heterocycles. The average molecular weight is 280 g/mol. The van der Waals surface area contributed by atoms with E-state index in [1.54, 1.807) is 13.0 Å². The van der Waals surface area contributed by atoms with Crippen molar-refractivity contribution < 1.29 is 13.2 Å². The molecule has 0 aliphatic carbocycles. The summed E-state index contributed by atoms with van der Waals surface area (Å²) in [5.74, 6) is 2.91. The Bertz CT molecular complexity index is 641.